The molecule has 48 heavy (non-hydrogen) atoms. The lowest BCUT2D eigenvalue weighted by molar-refractivity contribution is -0.119. The first-order valence-electron chi connectivity index (χ1n) is 16.2. The number of carbonyl (C=O) groups is 2. The van der Waals surface area contributed by atoms with Gasteiger partial charge in [0.25, 0.3) is 0 Å². The molecule has 4 heterocycles. The Morgan fingerprint density at radius 1 is 1.10 bits per heavy atom. The predicted octanol–water partition coefficient (Wildman–Crippen LogP) is 6.10. The van der Waals surface area contributed by atoms with Crippen molar-refractivity contribution in [2.45, 2.75) is 71.4 Å². The Hall–Kier alpha value is -4.19. The second kappa shape index (κ2) is 14.9. The van der Waals surface area contributed by atoms with Gasteiger partial charge in [0.1, 0.15) is 11.2 Å². The lowest BCUT2D eigenvalue weighted by Crippen LogP contribution is -2.43. The maximum atomic E-state index is 13.2. The molecule has 256 valence electrons. The number of carbonyl (C=O) groups excluding carboxylic acids is 2. The second-order valence-corrected chi connectivity index (χ2v) is 13.6. The smallest absolute Gasteiger partial charge is 0.410 e. The van der Waals surface area contributed by atoms with Crippen molar-refractivity contribution in [1.29, 1.82) is 0 Å². The monoisotopic (exact) mass is 676 g/mol. The minimum absolute atomic E-state index is 0.0175. The summed E-state index contributed by atoms with van der Waals surface area (Å²) in [6.07, 6.45) is 2.84. The number of amides is 2. The Balaban J connectivity index is 1.40. The first kappa shape index (κ1) is 35.1. The summed E-state index contributed by atoms with van der Waals surface area (Å²) in [4.78, 5) is 36.5. The molecule has 2 amide bonds. The van der Waals surface area contributed by atoms with E-state index in [2.05, 4.69) is 22.9 Å². The Kier molecular flexibility index (Phi) is 10.9. The molecule has 0 radical (unpaired) electrons. The summed E-state index contributed by atoms with van der Waals surface area (Å²) in [5.41, 5.74) is 4.91. The fourth-order valence-corrected chi connectivity index (χ4v) is 6.10. The molecule has 11 nitrogen and oxygen atoms in total. The van der Waals surface area contributed by atoms with E-state index in [9.17, 15) is 9.59 Å². The number of nitrogens with one attached hydrogen (secondary N) is 2. The van der Waals surface area contributed by atoms with E-state index in [1.54, 1.807) is 19.1 Å². The quantitative estimate of drug-likeness (QED) is 0.185. The number of benzene rings is 1. The first-order chi connectivity index (χ1) is 22.9. The minimum Gasteiger partial charge on any atom is -0.481 e. The fourth-order valence-electron chi connectivity index (χ4n) is 5.78. The lowest BCUT2D eigenvalue weighted by atomic mass is 10.0. The molecule has 3 aromatic heterocycles. The molecule has 1 aliphatic heterocycles. The summed E-state index contributed by atoms with van der Waals surface area (Å²) in [5.74, 6) is 0.346. The van der Waals surface area contributed by atoms with Gasteiger partial charge in [-0.3, -0.25) is 4.79 Å². The van der Waals surface area contributed by atoms with Crippen LogP contribution in [0.25, 0.3) is 33.5 Å². The van der Waals surface area contributed by atoms with Crippen molar-refractivity contribution in [2.75, 3.05) is 27.3 Å². The van der Waals surface area contributed by atoms with E-state index in [0.29, 0.717) is 48.1 Å². The Labute approximate surface area is 286 Å². The number of rotatable bonds is 12. The van der Waals surface area contributed by atoms with Gasteiger partial charge in [-0.05, 0) is 63.9 Å². The normalized spacial score (nSPS) is 15.4. The Bertz CT molecular complexity index is 1780. The van der Waals surface area contributed by atoms with Crippen molar-refractivity contribution in [3.8, 4) is 28.4 Å². The summed E-state index contributed by atoms with van der Waals surface area (Å²) in [6, 6.07) is 13.5. The van der Waals surface area contributed by atoms with Crippen LogP contribution in [0.4, 0.5) is 4.79 Å². The molecule has 0 saturated carbocycles. The third-order valence-corrected chi connectivity index (χ3v) is 8.68. The molecular formula is C36H45ClN6O5. The van der Waals surface area contributed by atoms with E-state index in [1.807, 2.05) is 75.7 Å². The van der Waals surface area contributed by atoms with Gasteiger partial charge in [0, 0.05) is 74.5 Å². The van der Waals surface area contributed by atoms with Crippen LogP contribution in [-0.4, -0.2) is 76.5 Å². The van der Waals surface area contributed by atoms with Crippen molar-refractivity contribution in [3.05, 3.63) is 64.8 Å². The number of hydrogen-bond donors (Lipinski definition) is 2. The Morgan fingerprint density at radius 2 is 1.81 bits per heavy atom. The molecule has 1 fully saturated rings. The van der Waals surface area contributed by atoms with Crippen molar-refractivity contribution in [3.63, 3.8) is 0 Å². The molecule has 1 aliphatic rings. The molecule has 1 aromatic carbocycles. The molecule has 2 atom stereocenters. The first-order valence-corrected chi connectivity index (χ1v) is 16.5. The lowest BCUT2D eigenvalue weighted by Gasteiger charge is -2.29. The van der Waals surface area contributed by atoms with Gasteiger partial charge in [0.15, 0.2) is 0 Å². The van der Waals surface area contributed by atoms with Gasteiger partial charge in [0.05, 0.1) is 36.2 Å². The zero-order valence-corrected chi connectivity index (χ0v) is 29.5. The molecule has 4 aromatic rings. The standard InChI is InChI=1S/C36H45ClN6O5/c1-22(46-6)17-38-18-24-19-42(5)33-26(24)13-15-29(40-33)27-9-8-10-28(32(27)37)30-14-11-23(34(41-30)47-7)20-43(35(45)48-36(2,3)4)21-25-12-16-31(44)39-25/h8-11,13-15,19,22,25,38H,12,16-18,20-21H2,1-7H3,(H,39,44)/t22?,25-/m0/s1. The zero-order chi connectivity index (χ0) is 34.6. The molecular weight excluding hydrogens is 632 g/mol. The fraction of sp³-hybridized carbons (Fsp3) is 0.444. The van der Waals surface area contributed by atoms with Crippen LogP contribution in [0.3, 0.4) is 0 Å². The molecule has 2 N–H and O–H groups in total. The van der Waals surface area contributed by atoms with Crippen LogP contribution in [-0.2, 0) is 34.4 Å². The summed E-state index contributed by atoms with van der Waals surface area (Å²) in [7, 11) is 5.24. The SMILES string of the molecule is COc1nc(-c2cccc(-c3ccc4c(CNCC(C)OC)cn(C)c4n3)c2Cl)ccc1CN(C[C@@H]1CCC(=O)N1)C(=O)OC(C)(C)C. The largest absolute Gasteiger partial charge is 0.481 e. The number of ether oxygens (including phenoxy) is 3. The molecule has 0 aliphatic carbocycles. The number of methoxy groups -OCH3 is 2. The molecule has 0 bridgehead atoms. The number of pyridine rings is 2. The average molecular weight is 677 g/mol. The summed E-state index contributed by atoms with van der Waals surface area (Å²) < 4.78 is 18.8. The van der Waals surface area contributed by atoms with Gasteiger partial charge in [-0.1, -0.05) is 29.8 Å². The highest BCUT2D eigenvalue weighted by Gasteiger charge is 2.29. The summed E-state index contributed by atoms with van der Waals surface area (Å²) in [6.45, 7) is 9.46. The maximum Gasteiger partial charge on any atom is 0.410 e. The van der Waals surface area contributed by atoms with Crippen LogP contribution in [0.2, 0.25) is 5.02 Å². The highest BCUT2D eigenvalue weighted by atomic mass is 35.5. The van der Waals surface area contributed by atoms with Crippen molar-refractivity contribution in [1.82, 2.24) is 30.1 Å². The highest BCUT2D eigenvalue weighted by molar-refractivity contribution is 6.36. The minimum atomic E-state index is -0.676. The van der Waals surface area contributed by atoms with E-state index in [-0.39, 0.29) is 24.6 Å². The number of nitrogens with zero attached hydrogens (tertiary/aromatic N) is 4. The van der Waals surface area contributed by atoms with E-state index in [1.165, 1.54) is 0 Å². The summed E-state index contributed by atoms with van der Waals surface area (Å²) >= 11 is 7.06. The van der Waals surface area contributed by atoms with Gasteiger partial charge in [0.2, 0.25) is 11.8 Å². The van der Waals surface area contributed by atoms with Crippen LogP contribution >= 0.6 is 11.6 Å². The van der Waals surface area contributed by atoms with Gasteiger partial charge >= 0.3 is 6.09 Å². The van der Waals surface area contributed by atoms with Gasteiger partial charge in [-0.25, -0.2) is 14.8 Å². The topological polar surface area (TPSA) is 120 Å². The van der Waals surface area contributed by atoms with Gasteiger partial charge < -0.3 is 34.3 Å². The number of hydrogen-bond acceptors (Lipinski definition) is 8. The molecule has 12 heteroatoms. The van der Waals surface area contributed by atoms with Crippen LogP contribution in [0.1, 0.15) is 51.7 Å². The average Bonchev–Trinajstić information content (AvgIpc) is 3.61. The molecule has 1 unspecified atom stereocenters. The van der Waals surface area contributed by atoms with Gasteiger partial charge in [-0.15, -0.1) is 0 Å². The molecule has 0 spiro atoms. The van der Waals surface area contributed by atoms with Crippen molar-refractivity contribution >= 4 is 34.6 Å². The number of aromatic nitrogens is 3. The summed E-state index contributed by atoms with van der Waals surface area (Å²) in [5, 5.41) is 7.98. The maximum absolute atomic E-state index is 13.2. The van der Waals surface area contributed by atoms with Crippen molar-refractivity contribution < 1.29 is 23.8 Å². The van der Waals surface area contributed by atoms with Gasteiger partial charge in [-0.2, -0.15) is 0 Å². The van der Waals surface area contributed by atoms with Crippen LogP contribution in [0.5, 0.6) is 5.88 Å². The number of halogens is 1. The predicted molar refractivity (Wildman–Crippen MR) is 187 cm³/mol. The molecule has 5 rings (SSSR count). The third kappa shape index (κ3) is 8.26. The highest BCUT2D eigenvalue weighted by Crippen LogP contribution is 2.37. The van der Waals surface area contributed by atoms with Crippen LogP contribution in [0.15, 0.2) is 48.7 Å². The van der Waals surface area contributed by atoms with E-state index < -0.39 is 11.7 Å². The third-order valence-electron chi connectivity index (χ3n) is 8.28. The van der Waals surface area contributed by atoms with Crippen LogP contribution in [0, 0.1) is 0 Å². The van der Waals surface area contributed by atoms with E-state index in [0.717, 1.165) is 40.0 Å². The second-order valence-electron chi connectivity index (χ2n) is 13.2. The van der Waals surface area contributed by atoms with Crippen molar-refractivity contribution in [2.24, 2.45) is 7.05 Å². The zero-order valence-electron chi connectivity index (χ0n) is 28.7. The van der Waals surface area contributed by atoms with E-state index >= 15 is 0 Å². The van der Waals surface area contributed by atoms with Crippen LogP contribution < -0.4 is 15.4 Å². The molecule has 1 saturated heterocycles. The number of aryl methyl sites for hydroxylation is 1. The number of fused-ring (bicyclic) bond motifs is 1. The Morgan fingerprint density at radius 3 is 2.46 bits per heavy atom. The van der Waals surface area contributed by atoms with E-state index in [4.69, 9.17) is 35.8 Å².